The molecule has 0 spiro atoms. The summed E-state index contributed by atoms with van der Waals surface area (Å²) in [5, 5.41) is 14.6. The van der Waals surface area contributed by atoms with Gasteiger partial charge in [-0.15, -0.1) is 10.2 Å². The van der Waals surface area contributed by atoms with Gasteiger partial charge in [-0.2, -0.15) is 0 Å². The van der Waals surface area contributed by atoms with Gasteiger partial charge in [0.25, 0.3) is 0 Å². The number of hydrogen-bond acceptors (Lipinski definition) is 5. The van der Waals surface area contributed by atoms with Gasteiger partial charge in [0, 0.05) is 30.0 Å². The lowest BCUT2D eigenvalue weighted by Gasteiger charge is -2.20. The maximum atomic E-state index is 12.4. The van der Waals surface area contributed by atoms with Crippen molar-refractivity contribution in [1.82, 2.24) is 10.2 Å². The summed E-state index contributed by atoms with van der Waals surface area (Å²) in [6, 6.07) is 28.1. The fraction of sp³-hybridized carbons (Fsp3) is 0.207. The van der Waals surface area contributed by atoms with Crippen LogP contribution < -0.4 is 20.3 Å². The predicted octanol–water partition coefficient (Wildman–Crippen LogP) is 6.96. The number of aromatic nitrogens is 2. The van der Waals surface area contributed by atoms with Gasteiger partial charge in [0.15, 0.2) is 5.82 Å². The molecule has 7 heteroatoms. The largest absolute Gasteiger partial charge is 0.457 e. The highest BCUT2D eigenvalue weighted by Crippen LogP contribution is 2.24. The molecule has 2 N–H and O–H groups in total. The molecule has 3 aromatic carbocycles. The summed E-state index contributed by atoms with van der Waals surface area (Å²) in [6.07, 6.45) is 4.99. The average Bonchev–Trinajstić information content (AvgIpc) is 3.21. The molecule has 182 valence electrons. The maximum absolute atomic E-state index is 12.4. The van der Waals surface area contributed by atoms with E-state index in [0.29, 0.717) is 17.1 Å². The number of hydrogen-bond donors (Lipinski definition) is 2. The molecule has 0 radical (unpaired) electrons. The Kier molecular flexibility index (Phi) is 7.37. The van der Waals surface area contributed by atoms with Crippen LogP contribution >= 0.6 is 0 Å². The van der Waals surface area contributed by atoms with Crippen molar-refractivity contribution in [1.29, 1.82) is 0 Å². The van der Waals surface area contributed by atoms with Crippen LogP contribution in [0.5, 0.6) is 11.5 Å². The highest BCUT2D eigenvalue weighted by molar-refractivity contribution is 5.99. The first kappa shape index (κ1) is 23.4. The van der Waals surface area contributed by atoms with Gasteiger partial charge >= 0.3 is 6.03 Å². The lowest BCUT2D eigenvalue weighted by molar-refractivity contribution is 0.262. The van der Waals surface area contributed by atoms with Crippen molar-refractivity contribution in [3.8, 4) is 22.8 Å². The Labute approximate surface area is 211 Å². The second-order valence-corrected chi connectivity index (χ2v) is 8.77. The van der Waals surface area contributed by atoms with Gasteiger partial charge in [-0.1, -0.05) is 43.2 Å². The van der Waals surface area contributed by atoms with Gasteiger partial charge < -0.3 is 20.3 Å². The normalized spacial score (nSPS) is 13.5. The van der Waals surface area contributed by atoms with E-state index in [1.165, 1.54) is 25.7 Å². The van der Waals surface area contributed by atoms with E-state index in [9.17, 15) is 4.79 Å². The number of carbonyl (C=O) groups is 1. The van der Waals surface area contributed by atoms with Crippen molar-refractivity contribution in [3.05, 3.63) is 91.0 Å². The molecule has 1 aliphatic rings. The minimum absolute atomic E-state index is 0.318. The molecular formula is C29H29N5O2. The van der Waals surface area contributed by atoms with Crippen molar-refractivity contribution in [2.45, 2.75) is 25.7 Å². The number of carbonyl (C=O) groups excluding carboxylic acids is 1. The lowest BCUT2D eigenvalue weighted by atomic mass is 10.1. The number of anilines is 3. The standard InChI is InChI=1S/C29H29N5O2/c35-29(31-24-14-16-26(17-15-24)36-25-8-4-3-5-9-25)30-23-12-10-22(11-13-23)27-18-19-28(33-32-27)34-20-6-1-2-7-21-34/h3-5,8-19H,1-2,6-7,20-21H2,(H2,30,31,35). The smallest absolute Gasteiger partial charge is 0.323 e. The number of amides is 2. The Morgan fingerprint density at radius 2 is 1.28 bits per heavy atom. The summed E-state index contributed by atoms with van der Waals surface area (Å²) in [5.41, 5.74) is 3.12. The van der Waals surface area contributed by atoms with Crippen molar-refractivity contribution < 1.29 is 9.53 Å². The molecule has 1 aromatic heterocycles. The number of urea groups is 1. The molecule has 1 saturated heterocycles. The molecule has 0 saturated carbocycles. The van der Waals surface area contributed by atoms with E-state index < -0.39 is 0 Å². The monoisotopic (exact) mass is 479 g/mol. The van der Waals surface area contributed by atoms with Crippen LogP contribution in [-0.4, -0.2) is 29.3 Å². The van der Waals surface area contributed by atoms with Crippen LogP contribution in [0.15, 0.2) is 91.0 Å². The fourth-order valence-corrected chi connectivity index (χ4v) is 4.20. The zero-order valence-corrected chi connectivity index (χ0v) is 20.1. The van der Waals surface area contributed by atoms with E-state index in [1.807, 2.05) is 78.9 Å². The Bertz CT molecular complexity index is 1250. The van der Waals surface area contributed by atoms with Crippen molar-refractivity contribution in [2.24, 2.45) is 0 Å². The number of para-hydroxylation sites is 1. The Morgan fingerprint density at radius 3 is 1.89 bits per heavy atom. The number of rotatable bonds is 6. The van der Waals surface area contributed by atoms with Crippen LogP contribution in [-0.2, 0) is 0 Å². The number of benzene rings is 3. The summed E-state index contributed by atoms with van der Waals surface area (Å²) in [4.78, 5) is 14.8. The molecule has 5 rings (SSSR count). The average molecular weight is 480 g/mol. The van der Waals surface area contributed by atoms with Crippen LogP contribution in [0.1, 0.15) is 25.7 Å². The van der Waals surface area contributed by atoms with Crippen LogP contribution in [0.3, 0.4) is 0 Å². The number of ether oxygens (including phenoxy) is 1. The Morgan fingerprint density at radius 1 is 0.667 bits per heavy atom. The van der Waals surface area contributed by atoms with Gasteiger partial charge in [-0.3, -0.25) is 0 Å². The van der Waals surface area contributed by atoms with Gasteiger partial charge in [0.1, 0.15) is 11.5 Å². The Balaban J connectivity index is 1.14. The minimum atomic E-state index is -0.318. The number of nitrogens with one attached hydrogen (secondary N) is 2. The molecule has 0 aliphatic carbocycles. The fourth-order valence-electron chi connectivity index (χ4n) is 4.20. The van der Waals surface area contributed by atoms with Crippen molar-refractivity contribution in [2.75, 3.05) is 28.6 Å². The zero-order valence-electron chi connectivity index (χ0n) is 20.1. The Hall–Kier alpha value is -4.39. The predicted molar refractivity (Wildman–Crippen MR) is 144 cm³/mol. The molecule has 36 heavy (non-hydrogen) atoms. The van der Waals surface area contributed by atoms with Crippen LogP contribution in [0.2, 0.25) is 0 Å². The number of nitrogens with zero attached hydrogens (tertiary/aromatic N) is 3. The summed E-state index contributed by atoms with van der Waals surface area (Å²) >= 11 is 0. The molecule has 2 amide bonds. The topological polar surface area (TPSA) is 79.4 Å². The molecule has 2 heterocycles. The maximum Gasteiger partial charge on any atom is 0.323 e. The van der Waals surface area contributed by atoms with Crippen LogP contribution in [0.25, 0.3) is 11.3 Å². The van der Waals surface area contributed by atoms with E-state index in [4.69, 9.17) is 4.74 Å². The first-order chi connectivity index (χ1) is 17.7. The molecule has 7 nitrogen and oxygen atoms in total. The van der Waals surface area contributed by atoms with E-state index in [-0.39, 0.29) is 6.03 Å². The third-order valence-corrected chi connectivity index (χ3v) is 6.11. The van der Waals surface area contributed by atoms with Crippen molar-refractivity contribution >= 4 is 23.2 Å². The third kappa shape index (κ3) is 6.18. The molecule has 0 unspecified atom stereocenters. The second-order valence-electron chi connectivity index (χ2n) is 8.77. The SMILES string of the molecule is O=C(Nc1ccc(Oc2ccccc2)cc1)Nc1ccc(-c2ccc(N3CCCCCC3)nn2)cc1. The quantitative estimate of drug-likeness (QED) is 0.312. The first-order valence-corrected chi connectivity index (χ1v) is 12.3. The van der Waals surface area contributed by atoms with Gasteiger partial charge in [0.2, 0.25) is 0 Å². The highest BCUT2D eigenvalue weighted by atomic mass is 16.5. The third-order valence-electron chi connectivity index (χ3n) is 6.11. The molecule has 1 fully saturated rings. The highest BCUT2D eigenvalue weighted by Gasteiger charge is 2.12. The van der Waals surface area contributed by atoms with E-state index in [2.05, 4.69) is 25.7 Å². The molecule has 4 aromatic rings. The van der Waals surface area contributed by atoms with Gasteiger partial charge in [-0.25, -0.2) is 4.79 Å². The zero-order chi connectivity index (χ0) is 24.6. The summed E-state index contributed by atoms with van der Waals surface area (Å²) < 4.78 is 5.78. The van der Waals surface area contributed by atoms with E-state index in [1.54, 1.807) is 12.1 Å². The molecular weight excluding hydrogens is 450 g/mol. The van der Waals surface area contributed by atoms with E-state index >= 15 is 0 Å². The summed E-state index contributed by atoms with van der Waals surface area (Å²) in [5.74, 6) is 2.40. The molecule has 0 atom stereocenters. The molecule has 0 bridgehead atoms. The molecule has 1 aliphatic heterocycles. The minimum Gasteiger partial charge on any atom is -0.457 e. The van der Waals surface area contributed by atoms with Crippen molar-refractivity contribution in [3.63, 3.8) is 0 Å². The van der Waals surface area contributed by atoms with Crippen LogP contribution in [0, 0.1) is 0 Å². The van der Waals surface area contributed by atoms with Crippen LogP contribution in [0.4, 0.5) is 22.0 Å². The van der Waals surface area contributed by atoms with Gasteiger partial charge in [0.05, 0.1) is 5.69 Å². The summed E-state index contributed by atoms with van der Waals surface area (Å²) in [7, 11) is 0. The van der Waals surface area contributed by atoms with E-state index in [0.717, 1.165) is 35.9 Å². The first-order valence-electron chi connectivity index (χ1n) is 12.3. The van der Waals surface area contributed by atoms with Gasteiger partial charge in [-0.05, 0) is 73.5 Å². The second kappa shape index (κ2) is 11.4. The lowest BCUT2D eigenvalue weighted by Crippen LogP contribution is -2.25. The summed E-state index contributed by atoms with van der Waals surface area (Å²) in [6.45, 7) is 2.09.